The van der Waals surface area contributed by atoms with Crippen molar-refractivity contribution in [2.45, 2.75) is 51.6 Å². The van der Waals surface area contributed by atoms with E-state index in [1.165, 1.54) is 6.07 Å². The van der Waals surface area contributed by atoms with Gasteiger partial charge in [0.15, 0.2) is 9.84 Å². The molecule has 0 aliphatic rings. The first kappa shape index (κ1) is 25.6. The maximum atomic E-state index is 13.6. The van der Waals surface area contributed by atoms with Gasteiger partial charge in [0.1, 0.15) is 5.82 Å². The number of nitrogens with one attached hydrogen (secondary N) is 1. The quantitative estimate of drug-likeness (QED) is 0.319. The normalized spacial score (nSPS) is 11.8. The number of aryl methyl sites for hydroxylation is 1. The van der Waals surface area contributed by atoms with E-state index in [0.717, 1.165) is 33.3 Å². The summed E-state index contributed by atoms with van der Waals surface area (Å²) in [4.78, 5) is 13.2. The van der Waals surface area contributed by atoms with E-state index in [9.17, 15) is 17.6 Å². The van der Waals surface area contributed by atoms with Gasteiger partial charge in [0.2, 0.25) is 0 Å². The van der Waals surface area contributed by atoms with Gasteiger partial charge in [-0.1, -0.05) is 25.1 Å². The van der Waals surface area contributed by atoms with Crippen molar-refractivity contribution in [2.24, 2.45) is 0 Å². The fraction of sp³-hybridized carbons (Fsp3) is 0.276. The summed E-state index contributed by atoms with van der Waals surface area (Å²) in [5.74, 6) is -0.386. The lowest BCUT2D eigenvalue weighted by atomic mass is 10.0. The van der Waals surface area contributed by atoms with Crippen LogP contribution in [0.1, 0.15) is 59.6 Å². The van der Waals surface area contributed by atoms with Gasteiger partial charge in [-0.3, -0.25) is 4.79 Å². The molecule has 0 fully saturated rings. The molecule has 5 nitrogen and oxygen atoms in total. The Hall–Kier alpha value is -3.45. The van der Waals surface area contributed by atoms with E-state index in [4.69, 9.17) is 0 Å². The molecule has 0 unspecified atom stereocenters. The summed E-state index contributed by atoms with van der Waals surface area (Å²) >= 11 is 0. The molecular formula is C29H31FN2O3S. The highest BCUT2D eigenvalue weighted by Crippen LogP contribution is 2.28. The first-order valence-corrected chi connectivity index (χ1v) is 13.7. The van der Waals surface area contributed by atoms with Gasteiger partial charge in [-0.05, 0) is 86.0 Å². The fourth-order valence-corrected chi connectivity index (χ4v) is 5.38. The molecular weight excluding hydrogens is 475 g/mol. The lowest BCUT2D eigenvalue weighted by Gasteiger charge is -2.16. The van der Waals surface area contributed by atoms with Crippen LogP contribution in [0.5, 0.6) is 0 Å². The van der Waals surface area contributed by atoms with Crippen molar-refractivity contribution in [1.82, 2.24) is 9.88 Å². The van der Waals surface area contributed by atoms with Crippen LogP contribution < -0.4 is 5.32 Å². The van der Waals surface area contributed by atoms with Gasteiger partial charge >= 0.3 is 0 Å². The van der Waals surface area contributed by atoms with Crippen LogP contribution in [0.2, 0.25) is 0 Å². The Balaban J connectivity index is 1.54. The number of carbonyl (C=O) groups is 1. The van der Waals surface area contributed by atoms with Gasteiger partial charge < -0.3 is 9.88 Å². The highest BCUT2D eigenvalue weighted by molar-refractivity contribution is 7.91. The summed E-state index contributed by atoms with van der Waals surface area (Å²) in [6.07, 6.45) is 0.671. The lowest BCUT2D eigenvalue weighted by Crippen LogP contribution is -2.22. The molecule has 3 aromatic carbocycles. The highest BCUT2D eigenvalue weighted by atomic mass is 32.2. The van der Waals surface area contributed by atoms with Crippen LogP contribution in [0.15, 0.2) is 71.6 Å². The molecule has 1 N–H and O–H groups in total. The molecule has 0 atom stereocenters. The molecule has 0 aliphatic carbocycles. The molecule has 188 valence electrons. The van der Waals surface area contributed by atoms with Crippen molar-refractivity contribution in [3.63, 3.8) is 0 Å². The Kier molecular flexibility index (Phi) is 7.31. The Labute approximate surface area is 211 Å². The van der Waals surface area contributed by atoms with Crippen LogP contribution in [0.4, 0.5) is 4.39 Å². The fourth-order valence-electron chi connectivity index (χ4n) is 4.50. The molecule has 7 heteroatoms. The molecule has 0 saturated heterocycles. The van der Waals surface area contributed by atoms with Gasteiger partial charge in [-0.2, -0.15) is 0 Å². The second-order valence-electron chi connectivity index (χ2n) is 9.35. The Bertz CT molecular complexity index is 1520. The van der Waals surface area contributed by atoms with Crippen LogP contribution in [0.3, 0.4) is 0 Å². The summed E-state index contributed by atoms with van der Waals surface area (Å²) < 4.78 is 39.8. The number of benzene rings is 3. The van der Waals surface area contributed by atoms with E-state index >= 15 is 0 Å². The molecule has 4 rings (SSSR count). The average molecular weight is 507 g/mol. The van der Waals surface area contributed by atoms with Crippen molar-refractivity contribution in [3.8, 4) is 0 Å². The molecule has 4 aromatic rings. The van der Waals surface area contributed by atoms with E-state index in [-0.39, 0.29) is 28.4 Å². The zero-order valence-electron chi connectivity index (χ0n) is 21.0. The molecule has 0 saturated carbocycles. The molecule has 0 spiro atoms. The van der Waals surface area contributed by atoms with Crippen molar-refractivity contribution in [1.29, 1.82) is 0 Å². The highest BCUT2D eigenvalue weighted by Gasteiger charge is 2.16. The second-order valence-corrected chi connectivity index (χ2v) is 11.6. The van der Waals surface area contributed by atoms with E-state index in [1.54, 1.807) is 37.3 Å². The van der Waals surface area contributed by atoms with Crippen molar-refractivity contribution >= 4 is 26.6 Å². The van der Waals surface area contributed by atoms with Crippen molar-refractivity contribution in [3.05, 3.63) is 100 Å². The predicted molar refractivity (Wildman–Crippen MR) is 142 cm³/mol. The minimum Gasteiger partial charge on any atom is -0.348 e. The van der Waals surface area contributed by atoms with Crippen molar-refractivity contribution in [2.75, 3.05) is 5.75 Å². The van der Waals surface area contributed by atoms with E-state index in [0.29, 0.717) is 18.5 Å². The van der Waals surface area contributed by atoms with Gasteiger partial charge in [-0.25, -0.2) is 12.8 Å². The monoisotopic (exact) mass is 506 g/mol. The number of sulfone groups is 1. The average Bonchev–Trinajstić information content (AvgIpc) is 3.22. The minimum absolute atomic E-state index is 0.0509. The molecule has 1 aromatic heterocycles. The van der Waals surface area contributed by atoms with Crippen LogP contribution >= 0.6 is 0 Å². The van der Waals surface area contributed by atoms with Crippen LogP contribution in [0.25, 0.3) is 10.9 Å². The predicted octanol–water partition coefficient (Wildman–Crippen LogP) is 5.98. The summed E-state index contributed by atoms with van der Waals surface area (Å²) in [5.41, 5.74) is 5.51. The lowest BCUT2D eigenvalue weighted by molar-refractivity contribution is 0.0951. The maximum Gasteiger partial charge on any atom is 0.251 e. The minimum atomic E-state index is -3.25. The van der Waals surface area contributed by atoms with Crippen LogP contribution in [0, 0.1) is 12.7 Å². The number of carbonyl (C=O) groups excluding carboxylic acids is 1. The summed E-state index contributed by atoms with van der Waals surface area (Å²) in [6.45, 7) is 8.07. The molecule has 1 heterocycles. The first-order valence-electron chi connectivity index (χ1n) is 12.1. The summed E-state index contributed by atoms with van der Waals surface area (Å²) in [6, 6.07) is 19.5. The second kappa shape index (κ2) is 10.3. The third kappa shape index (κ3) is 5.36. The van der Waals surface area contributed by atoms with Gasteiger partial charge in [0.05, 0.1) is 10.6 Å². The summed E-state index contributed by atoms with van der Waals surface area (Å²) in [5, 5.41) is 3.89. The molecule has 1 amide bonds. The van der Waals surface area contributed by atoms with Crippen LogP contribution in [-0.4, -0.2) is 24.6 Å². The third-order valence-electron chi connectivity index (χ3n) is 6.49. The largest absolute Gasteiger partial charge is 0.348 e. The maximum absolute atomic E-state index is 13.6. The zero-order chi connectivity index (χ0) is 26.0. The Morgan fingerprint density at radius 2 is 1.72 bits per heavy atom. The number of aromatic nitrogens is 1. The first-order chi connectivity index (χ1) is 17.1. The SMILES string of the molecule is CCS(=O)(=O)c1ccc(CNC(=O)c2ccc3c(c2)cc(Cc2ccc(F)cc2C)n3C(C)C)cc1. The number of amides is 1. The summed E-state index contributed by atoms with van der Waals surface area (Å²) in [7, 11) is -3.25. The number of rotatable bonds is 8. The molecule has 0 radical (unpaired) electrons. The van der Waals surface area contributed by atoms with Crippen molar-refractivity contribution < 1.29 is 17.6 Å². The number of hydrogen-bond acceptors (Lipinski definition) is 3. The third-order valence-corrected chi connectivity index (χ3v) is 8.24. The molecule has 0 bridgehead atoms. The van der Waals surface area contributed by atoms with E-state index in [1.807, 2.05) is 31.2 Å². The number of fused-ring (bicyclic) bond motifs is 1. The number of halogens is 1. The topological polar surface area (TPSA) is 68.2 Å². The molecule has 36 heavy (non-hydrogen) atoms. The standard InChI is InChI=1S/C29H31FN2O3S/c1-5-36(34,35)27-11-6-21(7-12-27)18-31-29(33)23-9-13-28-24(15-23)17-26(32(28)19(2)3)16-22-8-10-25(30)14-20(22)4/h6-15,17,19H,5,16,18H2,1-4H3,(H,31,33). The van der Waals surface area contributed by atoms with E-state index < -0.39 is 9.84 Å². The smallest absolute Gasteiger partial charge is 0.251 e. The molecule has 0 aliphatic heterocycles. The number of hydrogen-bond donors (Lipinski definition) is 1. The van der Waals surface area contributed by atoms with Gasteiger partial charge in [-0.15, -0.1) is 0 Å². The van der Waals surface area contributed by atoms with Gasteiger partial charge in [0.25, 0.3) is 5.91 Å². The zero-order valence-corrected chi connectivity index (χ0v) is 21.8. The Morgan fingerprint density at radius 3 is 2.36 bits per heavy atom. The van der Waals surface area contributed by atoms with E-state index in [2.05, 4.69) is 29.8 Å². The number of nitrogens with zero attached hydrogens (tertiary/aromatic N) is 1. The van der Waals surface area contributed by atoms with Gasteiger partial charge in [0, 0.05) is 41.2 Å². The van der Waals surface area contributed by atoms with Crippen LogP contribution in [-0.2, 0) is 22.8 Å². The Morgan fingerprint density at radius 1 is 1.00 bits per heavy atom.